The fraction of sp³-hybridized carbons (Fsp3) is 0.263. The average molecular weight is 341 g/mol. The molecule has 0 bridgehead atoms. The van der Waals surface area contributed by atoms with Gasteiger partial charge in [-0.15, -0.1) is 0 Å². The smallest absolute Gasteiger partial charge is 0.238 e. The van der Waals surface area contributed by atoms with Gasteiger partial charge >= 0.3 is 0 Å². The van der Waals surface area contributed by atoms with E-state index in [1.807, 2.05) is 35.2 Å². The highest BCUT2D eigenvalue weighted by Gasteiger charge is 2.11. The van der Waals surface area contributed by atoms with E-state index in [1.54, 1.807) is 24.3 Å². The molecular weight excluding hydrogens is 318 g/mol. The highest BCUT2D eigenvalue weighted by Crippen LogP contribution is 2.13. The molecule has 0 radical (unpaired) electrons. The van der Waals surface area contributed by atoms with Crippen molar-refractivity contribution in [2.75, 3.05) is 30.3 Å². The van der Waals surface area contributed by atoms with Crippen LogP contribution in [0.1, 0.15) is 12.5 Å². The topological polar surface area (TPSA) is 81.7 Å². The van der Waals surface area contributed by atoms with E-state index in [4.69, 9.17) is 0 Å². The van der Waals surface area contributed by atoms with E-state index < -0.39 is 0 Å². The molecule has 25 heavy (non-hydrogen) atoms. The maximum atomic E-state index is 12.2. The third-order valence-electron chi connectivity index (χ3n) is 3.52. The number of anilines is 2. The molecule has 0 aliphatic carbocycles. The second kappa shape index (κ2) is 9.56. The van der Waals surface area contributed by atoms with Crippen LogP contribution in [0.4, 0.5) is 11.4 Å². The Morgan fingerprint density at radius 2 is 1.56 bits per heavy atom. The normalized spacial score (nSPS) is 10.5. The molecule has 6 heteroatoms. The van der Waals surface area contributed by atoms with Gasteiger partial charge in [0.25, 0.3) is 0 Å². The van der Waals surface area contributed by atoms with Gasteiger partial charge in [0.2, 0.25) is 11.8 Å². The molecule has 0 saturated heterocycles. The lowest BCUT2D eigenvalue weighted by molar-refractivity contribution is -0.117. The maximum absolute atomic E-state index is 12.2. The Labute approximate surface area is 147 Å². The van der Waals surface area contributed by atoms with Gasteiger partial charge in [-0.05, 0) is 29.8 Å². The highest BCUT2D eigenvalue weighted by molar-refractivity contribution is 5.93. The number of hydrogen-bond acceptors (Lipinski definition) is 4. The summed E-state index contributed by atoms with van der Waals surface area (Å²) in [6.45, 7) is 2.63. The van der Waals surface area contributed by atoms with Crippen molar-refractivity contribution in [3.05, 3.63) is 60.2 Å². The largest absolute Gasteiger partial charge is 0.395 e. The Morgan fingerprint density at radius 3 is 2.12 bits per heavy atom. The Morgan fingerprint density at radius 1 is 0.960 bits per heavy atom. The number of carbonyl (C=O) groups excluding carboxylic acids is 2. The molecule has 6 nitrogen and oxygen atoms in total. The zero-order chi connectivity index (χ0) is 18.1. The van der Waals surface area contributed by atoms with Gasteiger partial charge in [-0.2, -0.15) is 0 Å². The predicted octanol–water partition coefficient (Wildman–Crippen LogP) is 2.08. The van der Waals surface area contributed by atoms with Crippen molar-refractivity contribution >= 4 is 23.2 Å². The number of hydrogen-bond donors (Lipinski definition) is 3. The van der Waals surface area contributed by atoms with Crippen LogP contribution in [0.25, 0.3) is 0 Å². The molecule has 2 aromatic rings. The molecule has 0 fully saturated rings. The summed E-state index contributed by atoms with van der Waals surface area (Å²) < 4.78 is 0. The summed E-state index contributed by atoms with van der Waals surface area (Å²) >= 11 is 0. The molecule has 2 amide bonds. The zero-order valence-corrected chi connectivity index (χ0v) is 14.2. The van der Waals surface area contributed by atoms with E-state index in [-0.39, 0.29) is 25.0 Å². The maximum Gasteiger partial charge on any atom is 0.238 e. The van der Waals surface area contributed by atoms with Gasteiger partial charge in [0.15, 0.2) is 0 Å². The molecule has 0 aliphatic rings. The summed E-state index contributed by atoms with van der Waals surface area (Å²) in [5.74, 6) is -0.297. The van der Waals surface area contributed by atoms with Gasteiger partial charge in [0.05, 0.1) is 13.2 Å². The standard InChI is InChI=1S/C19H23N3O3/c1-15(24)20-17-7-9-18(10-8-17)21-19(25)14-22(11-12-23)13-16-5-3-2-4-6-16/h2-10,23H,11-14H2,1H3,(H,20,24)(H,21,25). The number of nitrogens with one attached hydrogen (secondary N) is 2. The average Bonchev–Trinajstić information content (AvgIpc) is 2.57. The number of rotatable bonds is 8. The Balaban J connectivity index is 1.90. The minimum Gasteiger partial charge on any atom is -0.395 e. The fourth-order valence-corrected chi connectivity index (χ4v) is 2.44. The predicted molar refractivity (Wildman–Crippen MR) is 98.2 cm³/mol. The van der Waals surface area contributed by atoms with Crippen LogP contribution in [-0.2, 0) is 16.1 Å². The summed E-state index contributed by atoms with van der Waals surface area (Å²) in [5, 5.41) is 14.7. The lowest BCUT2D eigenvalue weighted by Gasteiger charge is -2.21. The van der Waals surface area contributed by atoms with Crippen molar-refractivity contribution < 1.29 is 14.7 Å². The molecule has 2 rings (SSSR count). The summed E-state index contributed by atoms with van der Waals surface area (Å²) in [5.41, 5.74) is 2.42. The van der Waals surface area contributed by atoms with Crippen molar-refractivity contribution in [2.45, 2.75) is 13.5 Å². The van der Waals surface area contributed by atoms with Crippen molar-refractivity contribution in [3.63, 3.8) is 0 Å². The van der Waals surface area contributed by atoms with E-state index in [1.165, 1.54) is 6.92 Å². The van der Waals surface area contributed by atoms with Gasteiger partial charge in [0, 0.05) is 31.4 Å². The quantitative estimate of drug-likeness (QED) is 0.687. The minimum absolute atomic E-state index is 0.00841. The van der Waals surface area contributed by atoms with Crippen LogP contribution in [-0.4, -0.2) is 41.5 Å². The number of benzene rings is 2. The first-order valence-corrected chi connectivity index (χ1v) is 8.11. The molecule has 0 atom stereocenters. The SMILES string of the molecule is CC(=O)Nc1ccc(NC(=O)CN(CCO)Cc2ccccc2)cc1. The van der Waals surface area contributed by atoms with Crippen LogP contribution in [0, 0.1) is 0 Å². The van der Waals surface area contributed by atoms with Gasteiger partial charge in [-0.3, -0.25) is 14.5 Å². The fourth-order valence-electron chi connectivity index (χ4n) is 2.44. The molecule has 0 aliphatic heterocycles. The first kappa shape index (κ1) is 18.6. The molecule has 2 aromatic carbocycles. The van der Waals surface area contributed by atoms with Crippen LogP contribution >= 0.6 is 0 Å². The lowest BCUT2D eigenvalue weighted by atomic mass is 10.2. The van der Waals surface area contributed by atoms with Gasteiger partial charge in [-0.1, -0.05) is 30.3 Å². The van der Waals surface area contributed by atoms with Crippen molar-refractivity contribution in [3.8, 4) is 0 Å². The van der Waals surface area contributed by atoms with E-state index >= 15 is 0 Å². The first-order valence-electron chi connectivity index (χ1n) is 8.11. The molecule has 0 spiro atoms. The number of carbonyl (C=O) groups is 2. The molecule has 0 heterocycles. The van der Waals surface area contributed by atoms with E-state index in [0.717, 1.165) is 5.56 Å². The Kier molecular flexibility index (Phi) is 7.13. The minimum atomic E-state index is -0.156. The summed E-state index contributed by atoms with van der Waals surface area (Å²) in [6.07, 6.45) is 0. The number of amides is 2. The molecular formula is C19H23N3O3. The molecule has 0 saturated carbocycles. The van der Waals surface area contributed by atoms with E-state index in [0.29, 0.717) is 24.5 Å². The van der Waals surface area contributed by atoms with Crippen LogP contribution in [0.3, 0.4) is 0 Å². The van der Waals surface area contributed by atoms with Crippen LogP contribution in [0.2, 0.25) is 0 Å². The van der Waals surface area contributed by atoms with Crippen molar-refractivity contribution in [1.29, 1.82) is 0 Å². The number of nitrogens with zero attached hydrogens (tertiary/aromatic N) is 1. The van der Waals surface area contributed by atoms with E-state index in [9.17, 15) is 14.7 Å². The van der Waals surface area contributed by atoms with Crippen LogP contribution < -0.4 is 10.6 Å². The zero-order valence-electron chi connectivity index (χ0n) is 14.2. The molecule has 0 aromatic heterocycles. The monoisotopic (exact) mass is 341 g/mol. The first-order chi connectivity index (χ1) is 12.1. The van der Waals surface area contributed by atoms with Crippen molar-refractivity contribution in [2.24, 2.45) is 0 Å². The third kappa shape index (κ3) is 6.74. The summed E-state index contributed by atoms with van der Waals surface area (Å²) in [4.78, 5) is 25.1. The molecule has 132 valence electrons. The van der Waals surface area contributed by atoms with Gasteiger partial charge < -0.3 is 15.7 Å². The Bertz CT molecular complexity index is 687. The molecule has 0 unspecified atom stereocenters. The third-order valence-corrected chi connectivity index (χ3v) is 3.52. The number of aliphatic hydroxyl groups excluding tert-OH is 1. The Hall–Kier alpha value is -2.70. The molecule has 3 N–H and O–H groups in total. The second-order valence-corrected chi connectivity index (χ2v) is 5.73. The lowest BCUT2D eigenvalue weighted by Crippen LogP contribution is -2.34. The second-order valence-electron chi connectivity index (χ2n) is 5.73. The summed E-state index contributed by atoms with van der Waals surface area (Å²) in [7, 11) is 0. The summed E-state index contributed by atoms with van der Waals surface area (Å²) in [6, 6.07) is 16.7. The van der Waals surface area contributed by atoms with Gasteiger partial charge in [-0.25, -0.2) is 0 Å². The van der Waals surface area contributed by atoms with Crippen LogP contribution in [0.15, 0.2) is 54.6 Å². The number of aliphatic hydroxyl groups is 1. The van der Waals surface area contributed by atoms with Crippen molar-refractivity contribution in [1.82, 2.24) is 4.90 Å². The van der Waals surface area contributed by atoms with E-state index in [2.05, 4.69) is 10.6 Å². The highest BCUT2D eigenvalue weighted by atomic mass is 16.3. The van der Waals surface area contributed by atoms with Crippen LogP contribution in [0.5, 0.6) is 0 Å². The van der Waals surface area contributed by atoms with Gasteiger partial charge in [0.1, 0.15) is 0 Å².